The minimum absolute atomic E-state index is 0.162. The molecule has 0 spiro atoms. The van der Waals surface area contributed by atoms with Gasteiger partial charge in [-0.1, -0.05) is 24.3 Å². The van der Waals surface area contributed by atoms with Gasteiger partial charge in [-0.3, -0.25) is 4.79 Å². The first-order valence-corrected chi connectivity index (χ1v) is 6.83. The second-order valence-corrected chi connectivity index (χ2v) is 5.60. The molecule has 2 fully saturated rings. The Balaban J connectivity index is 1.87. The van der Waals surface area contributed by atoms with Crippen LogP contribution in [0.4, 0.5) is 0 Å². The van der Waals surface area contributed by atoms with Crippen LogP contribution in [0.1, 0.15) is 42.7 Å². The summed E-state index contributed by atoms with van der Waals surface area (Å²) < 4.78 is 0. The summed E-state index contributed by atoms with van der Waals surface area (Å²) in [4.78, 5) is 11.6. The highest BCUT2D eigenvalue weighted by Crippen LogP contribution is 2.48. The number of carbonyl (C=O) groups is 1. The Bertz CT molecular complexity index is 459. The van der Waals surface area contributed by atoms with Crippen molar-refractivity contribution in [3.8, 4) is 0 Å². The van der Waals surface area contributed by atoms with Gasteiger partial charge in [-0.2, -0.15) is 0 Å². The number of benzene rings is 1. The maximum Gasteiger partial charge on any atom is 0.228 e. The molecule has 1 aliphatic heterocycles. The van der Waals surface area contributed by atoms with Crippen molar-refractivity contribution in [3.05, 3.63) is 35.4 Å². The van der Waals surface area contributed by atoms with Crippen LogP contribution in [-0.2, 0) is 10.2 Å². The molecule has 1 saturated heterocycles. The molecule has 1 amide bonds. The number of piperidine rings is 1. The van der Waals surface area contributed by atoms with Crippen LogP contribution in [0.5, 0.6) is 0 Å². The largest absolute Gasteiger partial charge is 0.369 e. The SMILES string of the molecule is NC(=O)C1(c2cccc(C3CCNCC3)c2)CC1. The summed E-state index contributed by atoms with van der Waals surface area (Å²) in [7, 11) is 0. The first kappa shape index (κ1) is 11.7. The normalized spacial score (nSPS) is 22.7. The van der Waals surface area contributed by atoms with Crippen LogP contribution in [0.25, 0.3) is 0 Å². The van der Waals surface area contributed by atoms with Crippen LogP contribution in [0.15, 0.2) is 24.3 Å². The van der Waals surface area contributed by atoms with E-state index in [2.05, 4.69) is 29.6 Å². The van der Waals surface area contributed by atoms with Crippen molar-refractivity contribution in [1.82, 2.24) is 5.32 Å². The Kier molecular flexibility index (Phi) is 2.86. The van der Waals surface area contributed by atoms with E-state index in [0.29, 0.717) is 5.92 Å². The van der Waals surface area contributed by atoms with Crippen LogP contribution >= 0.6 is 0 Å². The lowest BCUT2D eigenvalue weighted by Gasteiger charge is -2.24. The number of carbonyl (C=O) groups excluding carboxylic acids is 1. The van der Waals surface area contributed by atoms with Gasteiger partial charge in [0.25, 0.3) is 0 Å². The van der Waals surface area contributed by atoms with Crippen molar-refractivity contribution in [2.45, 2.75) is 37.0 Å². The lowest BCUT2D eigenvalue weighted by Crippen LogP contribution is -2.29. The molecule has 0 unspecified atom stereocenters. The molecule has 3 rings (SSSR count). The highest BCUT2D eigenvalue weighted by atomic mass is 16.1. The molecule has 2 aliphatic rings. The van der Waals surface area contributed by atoms with Crippen molar-refractivity contribution < 1.29 is 4.79 Å². The summed E-state index contributed by atoms with van der Waals surface area (Å²) in [6.07, 6.45) is 4.20. The molecule has 0 radical (unpaired) electrons. The van der Waals surface area contributed by atoms with Gasteiger partial charge in [-0.25, -0.2) is 0 Å². The maximum absolute atomic E-state index is 11.6. The van der Waals surface area contributed by atoms with Gasteiger partial charge in [0, 0.05) is 0 Å². The third-order valence-corrected chi connectivity index (χ3v) is 4.47. The number of hydrogen-bond donors (Lipinski definition) is 2. The van der Waals surface area contributed by atoms with E-state index in [4.69, 9.17) is 5.73 Å². The third kappa shape index (κ3) is 1.93. The van der Waals surface area contributed by atoms with Crippen molar-refractivity contribution in [2.24, 2.45) is 5.73 Å². The van der Waals surface area contributed by atoms with Gasteiger partial charge in [0.15, 0.2) is 0 Å². The maximum atomic E-state index is 11.6. The van der Waals surface area contributed by atoms with Crippen LogP contribution in [0.3, 0.4) is 0 Å². The average molecular weight is 244 g/mol. The molecule has 3 N–H and O–H groups in total. The van der Waals surface area contributed by atoms with Gasteiger partial charge >= 0.3 is 0 Å². The molecule has 0 bridgehead atoms. The smallest absolute Gasteiger partial charge is 0.228 e. The minimum Gasteiger partial charge on any atom is -0.369 e. The van der Waals surface area contributed by atoms with Crippen molar-refractivity contribution >= 4 is 5.91 Å². The van der Waals surface area contributed by atoms with Crippen LogP contribution < -0.4 is 11.1 Å². The van der Waals surface area contributed by atoms with Crippen LogP contribution in [0, 0.1) is 0 Å². The topological polar surface area (TPSA) is 55.1 Å². The standard InChI is InChI=1S/C15H20N2O/c16-14(18)15(6-7-15)13-3-1-2-12(10-13)11-4-8-17-9-5-11/h1-3,10-11,17H,4-9H2,(H2,16,18). The van der Waals surface area contributed by atoms with Crippen LogP contribution in [-0.4, -0.2) is 19.0 Å². The molecule has 3 heteroatoms. The lowest BCUT2D eigenvalue weighted by atomic mass is 9.86. The fourth-order valence-electron chi connectivity index (χ4n) is 3.05. The lowest BCUT2D eigenvalue weighted by molar-refractivity contribution is -0.120. The summed E-state index contributed by atoms with van der Waals surface area (Å²) >= 11 is 0. The zero-order chi connectivity index (χ0) is 12.6. The Hall–Kier alpha value is -1.35. The highest BCUT2D eigenvalue weighted by Gasteiger charge is 2.50. The number of primary amides is 1. The summed E-state index contributed by atoms with van der Waals surface area (Å²) in [5.41, 5.74) is 7.71. The Morgan fingerprint density at radius 2 is 2.00 bits per heavy atom. The van der Waals surface area contributed by atoms with E-state index in [9.17, 15) is 4.79 Å². The molecule has 1 saturated carbocycles. The summed E-state index contributed by atoms with van der Waals surface area (Å²) in [6.45, 7) is 2.19. The van der Waals surface area contributed by atoms with E-state index >= 15 is 0 Å². The summed E-state index contributed by atoms with van der Waals surface area (Å²) in [6, 6.07) is 8.54. The molecule has 3 nitrogen and oxygen atoms in total. The predicted molar refractivity (Wildman–Crippen MR) is 71.4 cm³/mol. The quantitative estimate of drug-likeness (QED) is 0.849. The molecule has 1 aliphatic carbocycles. The monoisotopic (exact) mass is 244 g/mol. The molecule has 0 atom stereocenters. The average Bonchev–Trinajstić information content (AvgIpc) is 3.21. The van der Waals surface area contributed by atoms with Gasteiger partial charge in [0.05, 0.1) is 5.41 Å². The van der Waals surface area contributed by atoms with Crippen molar-refractivity contribution in [3.63, 3.8) is 0 Å². The van der Waals surface area contributed by atoms with Crippen molar-refractivity contribution in [2.75, 3.05) is 13.1 Å². The fourth-order valence-corrected chi connectivity index (χ4v) is 3.05. The van der Waals surface area contributed by atoms with Gasteiger partial charge in [-0.05, 0) is 55.8 Å². The number of rotatable bonds is 3. The number of amides is 1. The van der Waals surface area contributed by atoms with E-state index in [0.717, 1.165) is 31.5 Å². The second-order valence-electron chi connectivity index (χ2n) is 5.60. The number of nitrogens with two attached hydrogens (primary N) is 1. The van der Waals surface area contributed by atoms with Crippen molar-refractivity contribution in [1.29, 1.82) is 0 Å². The van der Waals surface area contributed by atoms with E-state index < -0.39 is 0 Å². The molecule has 1 aromatic rings. The first-order valence-electron chi connectivity index (χ1n) is 6.83. The van der Waals surface area contributed by atoms with E-state index in [1.165, 1.54) is 18.4 Å². The number of nitrogens with one attached hydrogen (secondary N) is 1. The molecule has 96 valence electrons. The molecule has 0 aromatic heterocycles. The van der Waals surface area contributed by atoms with Gasteiger partial charge in [0.1, 0.15) is 0 Å². The molecular weight excluding hydrogens is 224 g/mol. The van der Waals surface area contributed by atoms with E-state index in [1.54, 1.807) is 0 Å². The Morgan fingerprint density at radius 1 is 1.28 bits per heavy atom. The molecular formula is C15H20N2O. The Morgan fingerprint density at radius 3 is 2.61 bits per heavy atom. The minimum atomic E-state index is -0.344. The van der Waals surface area contributed by atoms with Gasteiger partial charge in [-0.15, -0.1) is 0 Å². The summed E-state index contributed by atoms with van der Waals surface area (Å²) in [5, 5.41) is 3.39. The van der Waals surface area contributed by atoms with Gasteiger partial charge < -0.3 is 11.1 Å². The first-order chi connectivity index (χ1) is 8.72. The number of hydrogen-bond acceptors (Lipinski definition) is 2. The Labute approximate surface area is 108 Å². The highest BCUT2D eigenvalue weighted by molar-refractivity contribution is 5.89. The molecule has 1 aromatic carbocycles. The third-order valence-electron chi connectivity index (χ3n) is 4.47. The van der Waals surface area contributed by atoms with E-state index in [-0.39, 0.29) is 11.3 Å². The molecule has 1 heterocycles. The van der Waals surface area contributed by atoms with E-state index in [1.807, 2.05) is 0 Å². The fraction of sp³-hybridized carbons (Fsp3) is 0.533. The zero-order valence-corrected chi connectivity index (χ0v) is 10.6. The summed E-state index contributed by atoms with van der Waals surface area (Å²) in [5.74, 6) is 0.472. The predicted octanol–water partition coefficient (Wildman–Crippen LogP) is 1.67. The molecule has 18 heavy (non-hydrogen) atoms. The second kappa shape index (κ2) is 4.39. The zero-order valence-electron chi connectivity index (χ0n) is 10.6. The van der Waals surface area contributed by atoms with Crippen LogP contribution in [0.2, 0.25) is 0 Å². The van der Waals surface area contributed by atoms with Gasteiger partial charge in [0.2, 0.25) is 5.91 Å².